The number of hydrogen-bond donors (Lipinski definition) is 1. The van der Waals surface area contributed by atoms with Gasteiger partial charge in [-0.05, 0) is 56.3 Å². The quantitative estimate of drug-likeness (QED) is 0.614. The summed E-state index contributed by atoms with van der Waals surface area (Å²) in [6.45, 7) is 4.81. The normalized spacial score (nSPS) is 18.8. The largest absolute Gasteiger partial charge is 0.417 e. The van der Waals surface area contributed by atoms with E-state index in [1.807, 2.05) is 11.0 Å². The van der Waals surface area contributed by atoms with Crippen LogP contribution >= 0.6 is 11.6 Å². The molecule has 1 aromatic carbocycles. The van der Waals surface area contributed by atoms with Crippen molar-refractivity contribution in [1.82, 2.24) is 15.2 Å². The summed E-state index contributed by atoms with van der Waals surface area (Å²) in [5.41, 5.74) is 0.467. The highest BCUT2D eigenvalue weighted by Gasteiger charge is 2.33. The SMILES string of the molecule is O=C(NCC1CCN(Cc2ccccc2)CC1)C1CCN(c2ncc(C(F)(F)F)cc2Cl)CC1. The van der Waals surface area contributed by atoms with Gasteiger partial charge in [0.1, 0.15) is 5.82 Å². The van der Waals surface area contributed by atoms with E-state index in [2.05, 4.69) is 39.5 Å². The van der Waals surface area contributed by atoms with Gasteiger partial charge in [-0.3, -0.25) is 9.69 Å². The van der Waals surface area contributed by atoms with Crippen molar-refractivity contribution < 1.29 is 18.0 Å². The molecular formula is C25H30ClF3N4O. The van der Waals surface area contributed by atoms with E-state index in [-0.39, 0.29) is 16.8 Å². The molecule has 0 unspecified atom stereocenters. The van der Waals surface area contributed by atoms with E-state index < -0.39 is 11.7 Å². The molecule has 0 spiro atoms. The molecule has 2 aromatic rings. The molecule has 3 heterocycles. The van der Waals surface area contributed by atoms with Gasteiger partial charge in [0, 0.05) is 38.3 Å². The van der Waals surface area contributed by atoms with Crippen LogP contribution < -0.4 is 10.2 Å². The van der Waals surface area contributed by atoms with Gasteiger partial charge < -0.3 is 10.2 Å². The van der Waals surface area contributed by atoms with Crippen LogP contribution in [0.15, 0.2) is 42.6 Å². The first kappa shape index (κ1) is 24.8. The molecule has 2 aliphatic heterocycles. The predicted octanol–water partition coefficient (Wildman–Crippen LogP) is 5.00. The Morgan fingerprint density at radius 2 is 1.74 bits per heavy atom. The Morgan fingerprint density at radius 3 is 2.35 bits per heavy atom. The van der Waals surface area contributed by atoms with Gasteiger partial charge in [0.25, 0.3) is 0 Å². The standard InChI is InChI=1S/C25H30ClF3N4O/c26-22-14-21(25(27,28)29)16-30-23(22)33-12-8-20(9-13-33)24(34)31-15-18-6-10-32(11-7-18)17-19-4-2-1-3-5-19/h1-5,14,16,18,20H,6-13,15,17H2,(H,31,34). The highest BCUT2D eigenvalue weighted by molar-refractivity contribution is 6.33. The molecule has 2 saturated heterocycles. The molecule has 0 aliphatic carbocycles. The van der Waals surface area contributed by atoms with E-state index in [1.54, 1.807) is 0 Å². The first-order chi connectivity index (χ1) is 16.3. The number of anilines is 1. The number of carbonyl (C=O) groups is 1. The molecule has 0 saturated carbocycles. The molecule has 2 aliphatic rings. The maximum atomic E-state index is 12.8. The second kappa shape index (κ2) is 11.0. The number of piperidine rings is 2. The Hall–Kier alpha value is -2.32. The number of benzene rings is 1. The predicted molar refractivity (Wildman–Crippen MR) is 127 cm³/mol. The van der Waals surface area contributed by atoms with Gasteiger partial charge >= 0.3 is 6.18 Å². The second-order valence-electron chi connectivity index (χ2n) is 9.24. The van der Waals surface area contributed by atoms with Gasteiger partial charge in [-0.1, -0.05) is 41.9 Å². The van der Waals surface area contributed by atoms with Crippen LogP contribution in [0.3, 0.4) is 0 Å². The lowest BCUT2D eigenvalue weighted by molar-refractivity contribution is -0.137. The number of rotatable bonds is 6. The summed E-state index contributed by atoms with van der Waals surface area (Å²) in [5.74, 6) is 0.808. The van der Waals surface area contributed by atoms with Crippen LogP contribution in [0, 0.1) is 11.8 Å². The zero-order chi connectivity index (χ0) is 24.1. The molecule has 0 radical (unpaired) electrons. The minimum Gasteiger partial charge on any atom is -0.356 e. The number of halogens is 4. The van der Waals surface area contributed by atoms with E-state index in [0.717, 1.165) is 44.7 Å². The maximum absolute atomic E-state index is 12.8. The molecule has 0 atom stereocenters. The Kier molecular flexibility index (Phi) is 7.99. The summed E-state index contributed by atoms with van der Waals surface area (Å²) in [5, 5.41) is 3.12. The third kappa shape index (κ3) is 6.42. The van der Waals surface area contributed by atoms with Gasteiger partial charge in [0.15, 0.2) is 0 Å². The van der Waals surface area contributed by atoms with E-state index >= 15 is 0 Å². The Balaban J connectivity index is 1.18. The van der Waals surface area contributed by atoms with E-state index in [0.29, 0.717) is 44.2 Å². The van der Waals surface area contributed by atoms with Crippen molar-refractivity contribution in [3.8, 4) is 0 Å². The summed E-state index contributed by atoms with van der Waals surface area (Å²) in [7, 11) is 0. The molecule has 1 amide bonds. The number of likely N-dealkylation sites (tertiary alicyclic amines) is 1. The number of alkyl halides is 3. The molecule has 34 heavy (non-hydrogen) atoms. The lowest BCUT2D eigenvalue weighted by Gasteiger charge is -2.34. The second-order valence-corrected chi connectivity index (χ2v) is 9.65. The third-order valence-electron chi connectivity index (χ3n) is 6.84. The number of amides is 1. The van der Waals surface area contributed by atoms with E-state index in [9.17, 15) is 18.0 Å². The average molecular weight is 495 g/mol. The van der Waals surface area contributed by atoms with Crippen molar-refractivity contribution in [3.05, 3.63) is 58.7 Å². The molecule has 5 nitrogen and oxygen atoms in total. The zero-order valence-corrected chi connectivity index (χ0v) is 19.8. The lowest BCUT2D eigenvalue weighted by atomic mass is 9.94. The first-order valence-electron chi connectivity index (χ1n) is 11.8. The number of nitrogens with zero attached hydrogens (tertiary/aromatic N) is 3. The topological polar surface area (TPSA) is 48.5 Å². The van der Waals surface area contributed by atoms with Crippen molar-refractivity contribution in [2.45, 2.75) is 38.4 Å². The number of pyridine rings is 1. The van der Waals surface area contributed by atoms with Crippen LogP contribution in [-0.2, 0) is 17.5 Å². The first-order valence-corrected chi connectivity index (χ1v) is 12.2. The average Bonchev–Trinajstić information content (AvgIpc) is 2.83. The number of carbonyl (C=O) groups excluding carboxylic acids is 1. The van der Waals surface area contributed by atoms with Crippen LogP contribution in [0.4, 0.5) is 19.0 Å². The minimum absolute atomic E-state index is 0.0173. The van der Waals surface area contributed by atoms with Crippen LogP contribution in [0.2, 0.25) is 5.02 Å². The molecule has 2 fully saturated rings. The lowest BCUT2D eigenvalue weighted by Crippen LogP contribution is -2.43. The number of aromatic nitrogens is 1. The molecule has 0 bridgehead atoms. The fourth-order valence-corrected chi connectivity index (χ4v) is 5.04. The molecule has 9 heteroatoms. The van der Waals surface area contributed by atoms with Gasteiger partial charge in [0.05, 0.1) is 10.6 Å². The Bertz CT molecular complexity index is 956. The summed E-state index contributed by atoms with van der Waals surface area (Å²) < 4.78 is 38.5. The van der Waals surface area contributed by atoms with Gasteiger partial charge in [-0.15, -0.1) is 0 Å². The smallest absolute Gasteiger partial charge is 0.356 e. The zero-order valence-electron chi connectivity index (χ0n) is 19.0. The molecule has 1 aromatic heterocycles. The molecular weight excluding hydrogens is 465 g/mol. The van der Waals surface area contributed by atoms with Crippen molar-refractivity contribution in [3.63, 3.8) is 0 Å². The fourth-order valence-electron chi connectivity index (χ4n) is 4.75. The summed E-state index contributed by atoms with van der Waals surface area (Å²) in [6, 6.07) is 11.4. The summed E-state index contributed by atoms with van der Waals surface area (Å²) in [6.07, 6.45) is -0.266. The summed E-state index contributed by atoms with van der Waals surface area (Å²) in [4.78, 5) is 21.0. The maximum Gasteiger partial charge on any atom is 0.417 e. The van der Waals surface area contributed by atoms with Crippen LogP contribution in [0.5, 0.6) is 0 Å². The van der Waals surface area contributed by atoms with Crippen LogP contribution in [0.25, 0.3) is 0 Å². The van der Waals surface area contributed by atoms with Gasteiger partial charge in [0.2, 0.25) is 5.91 Å². The number of hydrogen-bond acceptors (Lipinski definition) is 4. The van der Waals surface area contributed by atoms with Crippen LogP contribution in [-0.4, -0.2) is 48.5 Å². The molecule has 1 N–H and O–H groups in total. The van der Waals surface area contributed by atoms with Crippen molar-refractivity contribution >= 4 is 23.3 Å². The highest BCUT2D eigenvalue weighted by atomic mass is 35.5. The van der Waals surface area contributed by atoms with Crippen molar-refractivity contribution in [2.75, 3.05) is 37.6 Å². The highest BCUT2D eigenvalue weighted by Crippen LogP contribution is 2.34. The summed E-state index contributed by atoms with van der Waals surface area (Å²) >= 11 is 6.07. The third-order valence-corrected chi connectivity index (χ3v) is 7.11. The van der Waals surface area contributed by atoms with E-state index in [4.69, 9.17) is 11.6 Å². The van der Waals surface area contributed by atoms with E-state index in [1.165, 1.54) is 5.56 Å². The van der Waals surface area contributed by atoms with Crippen LogP contribution in [0.1, 0.15) is 36.8 Å². The molecule has 4 rings (SSSR count). The Labute approximate surface area is 203 Å². The van der Waals surface area contributed by atoms with Gasteiger partial charge in [-0.2, -0.15) is 13.2 Å². The monoisotopic (exact) mass is 494 g/mol. The fraction of sp³-hybridized carbons (Fsp3) is 0.520. The van der Waals surface area contributed by atoms with Crippen molar-refractivity contribution in [1.29, 1.82) is 0 Å². The van der Waals surface area contributed by atoms with Crippen molar-refractivity contribution in [2.24, 2.45) is 11.8 Å². The Morgan fingerprint density at radius 1 is 1.06 bits per heavy atom. The van der Waals surface area contributed by atoms with Gasteiger partial charge in [-0.25, -0.2) is 4.98 Å². The minimum atomic E-state index is -4.47. The molecule has 184 valence electrons. The number of nitrogens with one attached hydrogen (secondary N) is 1.